The van der Waals surface area contributed by atoms with Gasteiger partial charge in [0.15, 0.2) is 11.5 Å². The van der Waals surface area contributed by atoms with Crippen molar-refractivity contribution in [2.45, 2.75) is 12.6 Å². The van der Waals surface area contributed by atoms with E-state index in [1.54, 1.807) is 12.4 Å². The molecule has 1 aromatic heterocycles. The first-order valence-corrected chi connectivity index (χ1v) is 8.22. The van der Waals surface area contributed by atoms with Crippen molar-refractivity contribution in [2.75, 3.05) is 37.9 Å². The van der Waals surface area contributed by atoms with Crippen molar-refractivity contribution >= 4 is 5.69 Å². The number of pyridine rings is 1. The van der Waals surface area contributed by atoms with Crippen molar-refractivity contribution in [3.63, 3.8) is 0 Å². The maximum Gasteiger partial charge on any atom is 0.231 e. The van der Waals surface area contributed by atoms with Gasteiger partial charge in [-0.05, 0) is 29.8 Å². The van der Waals surface area contributed by atoms with Gasteiger partial charge in [0, 0.05) is 50.8 Å². The molecule has 1 saturated heterocycles. The molecule has 1 fully saturated rings. The number of nitrogens with zero attached hydrogens (tertiary/aromatic N) is 3. The molecular weight excluding hydrogens is 306 g/mol. The van der Waals surface area contributed by atoms with E-state index in [0.29, 0.717) is 19.9 Å². The molecule has 0 unspecified atom stereocenters. The van der Waals surface area contributed by atoms with Crippen LogP contribution in [0.2, 0.25) is 0 Å². The van der Waals surface area contributed by atoms with Crippen molar-refractivity contribution in [3.8, 4) is 11.5 Å². The fourth-order valence-corrected chi connectivity index (χ4v) is 3.29. The molecule has 6 heteroatoms. The topological polar surface area (TPSA) is 58.1 Å². The lowest BCUT2D eigenvalue weighted by Gasteiger charge is -2.23. The normalized spacial score (nSPS) is 20.9. The Bertz CT molecular complexity index is 695. The van der Waals surface area contributed by atoms with Crippen molar-refractivity contribution in [3.05, 3.63) is 48.3 Å². The van der Waals surface area contributed by atoms with E-state index in [9.17, 15) is 5.11 Å². The lowest BCUT2D eigenvalue weighted by molar-refractivity contribution is 0.129. The quantitative estimate of drug-likeness (QED) is 0.922. The van der Waals surface area contributed by atoms with E-state index >= 15 is 0 Å². The number of fused-ring (bicyclic) bond motifs is 1. The first kappa shape index (κ1) is 15.2. The van der Waals surface area contributed by atoms with E-state index in [1.807, 2.05) is 24.3 Å². The SMILES string of the molecule is O[C@@H]1CN(Cc2ccc3c(c2)OCO3)CCN(c2ccncc2)C1. The molecule has 0 bridgehead atoms. The van der Waals surface area contributed by atoms with E-state index in [2.05, 4.69) is 20.9 Å². The van der Waals surface area contributed by atoms with Crippen molar-refractivity contribution in [1.29, 1.82) is 0 Å². The minimum absolute atomic E-state index is 0.294. The Labute approximate surface area is 141 Å². The molecule has 24 heavy (non-hydrogen) atoms. The summed E-state index contributed by atoms with van der Waals surface area (Å²) in [6, 6.07) is 10.0. The number of aliphatic hydroxyl groups is 1. The molecule has 0 saturated carbocycles. The predicted octanol–water partition coefficient (Wildman–Crippen LogP) is 1.49. The van der Waals surface area contributed by atoms with Crippen molar-refractivity contribution in [1.82, 2.24) is 9.88 Å². The molecule has 0 spiro atoms. The first-order valence-electron chi connectivity index (χ1n) is 8.22. The van der Waals surface area contributed by atoms with Crippen LogP contribution in [0.25, 0.3) is 0 Å². The molecule has 1 aromatic carbocycles. The molecule has 4 rings (SSSR count). The zero-order chi connectivity index (χ0) is 16.4. The number of rotatable bonds is 3. The number of β-amino-alcohol motifs (C(OH)–C–C–N with tert-alkyl or cyclic N) is 1. The van der Waals surface area contributed by atoms with Gasteiger partial charge < -0.3 is 19.5 Å². The van der Waals surface area contributed by atoms with Crippen LogP contribution < -0.4 is 14.4 Å². The highest BCUT2D eigenvalue weighted by Gasteiger charge is 2.22. The smallest absolute Gasteiger partial charge is 0.231 e. The van der Waals surface area contributed by atoms with E-state index in [4.69, 9.17) is 9.47 Å². The first-order chi connectivity index (χ1) is 11.8. The second-order valence-electron chi connectivity index (χ2n) is 6.23. The second-order valence-corrected chi connectivity index (χ2v) is 6.23. The largest absolute Gasteiger partial charge is 0.454 e. The van der Waals surface area contributed by atoms with Gasteiger partial charge in [-0.25, -0.2) is 0 Å². The van der Waals surface area contributed by atoms with Crippen LogP contribution in [0.4, 0.5) is 5.69 Å². The molecule has 2 aliphatic heterocycles. The average Bonchev–Trinajstić information content (AvgIpc) is 2.98. The van der Waals surface area contributed by atoms with Crippen LogP contribution in [0.5, 0.6) is 11.5 Å². The van der Waals surface area contributed by atoms with E-state index in [1.165, 1.54) is 5.56 Å². The summed E-state index contributed by atoms with van der Waals surface area (Å²) >= 11 is 0. The highest BCUT2D eigenvalue weighted by Crippen LogP contribution is 2.32. The number of hydrogen-bond donors (Lipinski definition) is 1. The minimum atomic E-state index is -0.380. The van der Waals surface area contributed by atoms with Gasteiger partial charge in [-0.15, -0.1) is 0 Å². The van der Waals surface area contributed by atoms with Gasteiger partial charge in [0.1, 0.15) is 0 Å². The Hall–Kier alpha value is -2.31. The zero-order valence-electron chi connectivity index (χ0n) is 13.5. The molecule has 0 radical (unpaired) electrons. The summed E-state index contributed by atoms with van der Waals surface area (Å²) in [6.07, 6.45) is 3.20. The number of ether oxygens (including phenoxy) is 2. The van der Waals surface area contributed by atoms with Gasteiger partial charge in [0.2, 0.25) is 6.79 Å². The average molecular weight is 327 g/mol. The van der Waals surface area contributed by atoms with Gasteiger partial charge in [-0.1, -0.05) is 6.07 Å². The van der Waals surface area contributed by atoms with Gasteiger partial charge in [0.05, 0.1) is 6.10 Å². The van der Waals surface area contributed by atoms with Crippen LogP contribution in [0, 0.1) is 0 Å². The van der Waals surface area contributed by atoms with Crippen LogP contribution >= 0.6 is 0 Å². The molecule has 1 atom stereocenters. The van der Waals surface area contributed by atoms with Gasteiger partial charge in [-0.2, -0.15) is 0 Å². The molecule has 2 aliphatic rings. The lowest BCUT2D eigenvalue weighted by Crippen LogP contribution is -2.33. The fraction of sp³-hybridized carbons (Fsp3) is 0.389. The molecule has 126 valence electrons. The van der Waals surface area contributed by atoms with Gasteiger partial charge in [-0.3, -0.25) is 9.88 Å². The maximum atomic E-state index is 10.4. The highest BCUT2D eigenvalue weighted by atomic mass is 16.7. The van der Waals surface area contributed by atoms with Gasteiger partial charge >= 0.3 is 0 Å². The number of benzene rings is 1. The second kappa shape index (κ2) is 6.67. The third-order valence-electron chi connectivity index (χ3n) is 4.46. The Balaban J connectivity index is 1.43. The van der Waals surface area contributed by atoms with Crippen LogP contribution in [-0.2, 0) is 6.54 Å². The van der Waals surface area contributed by atoms with E-state index < -0.39 is 0 Å². The lowest BCUT2D eigenvalue weighted by atomic mass is 10.2. The molecule has 1 N–H and O–H groups in total. The Morgan fingerprint density at radius 3 is 2.75 bits per heavy atom. The van der Waals surface area contributed by atoms with Crippen LogP contribution in [0.1, 0.15) is 5.56 Å². The fourth-order valence-electron chi connectivity index (χ4n) is 3.29. The molecule has 6 nitrogen and oxygen atoms in total. The van der Waals surface area contributed by atoms with Gasteiger partial charge in [0.25, 0.3) is 0 Å². The summed E-state index contributed by atoms with van der Waals surface area (Å²) in [5.41, 5.74) is 2.28. The summed E-state index contributed by atoms with van der Waals surface area (Å²) in [5, 5.41) is 10.4. The van der Waals surface area contributed by atoms with E-state index in [-0.39, 0.29) is 6.10 Å². The maximum absolute atomic E-state index is 10.4. The number of anilines is 1. The Morgan fingerprint density at radius 1 is 1.04 bits per heavy atom. The number of aromatic nitrogens is 1. The summed E-state index contributed by atoms with van der Waals surface area (Å²) < 4.78 is 10.8. The molecule has 3 heterocycles. The third-order valence-corrected chi connectivity index (χ3v) is 4.46. The molecular formula is C18H21N3O3. The summed E-state index contributed by atoms with van der Waals surface area (Å²) in [7, 11) is 0. The van der Waals surface area contributed by atoms with Crippen molar-refractivity contribution in [2.24, 2.45) is 0 Å². The minimum Gasteiger partial charge on any atom is -0.454 e. The monoisotopic (exact) mass is 327 g/mol. The summed E-state index contributed by atoms with van der Waals surface area (Å²) in [4.78, 5) is 8.56. The molecule has 0 amide bonds. The van der Waals surface area contributed by atoms with E-state index in [0.717, 1.165) is 36.8 Å². The Morgan fingerprint density at radius 2 is 1.88 bits per heavy atom. The molecule has 2 aromatic rings. The highest BCUT2D eigenvalue weighted by molar-refractivity contribution is 5.45. The van der Waals surface area contributed by atoms with Crippen molar-refractivity contribution < 1.29 is 14.6 Å². The number of hydrogen-bond acceptors (Lipinski definition) is 6. The molecule has 0 aliphatic carbocycles. The van der Waals surface area contributed by atoms with Crippen LogP contribution in [0.15, 0.2) is 42.7 Å². The van der Waals surface area contributed by atoms with Crippen LogP contribution in [0.3, 0.4) is 0 Å². The predicted molar refractivity (Wildman–Crippen MR) is 90.3 cm³/mol. The summed E-state index contributed by atoms with van der Waals surface area (Å²) in [6.45, 7) is 4.16. The van der Waals surface area contributed by atoms with Crippen LogP contribution in [-0.4, -0.2) is 54.1 Å². The summed E-state index contributed by atoms with van der Waals surface area (Å²) in [5.74, 6) is 1.61. The third kappa shape index (κ3) is 3.29. The number of aliphatic hydroxyl groups excluding tert-OH is 1. The standard InChI is InChI=1S/C18H21N3O3/c22-16-11-20(7-8-21(12-16)15-3-5-19-6-4-15)10-14-1-2-17-18(9-14)24-13-23-17/h1-6,9,16,22H,7-8,10-13H2/t16-/m1/s1. The Kier molecular flexibility index (Phi) is 4.23. The zero-order valence-corrected chi connectivity index (χ0v) is 13.5.